The lowest BCUT2D eigenvalue weighted by atomic mass is 10.2. The van der Waals surface area contributed by atoms with Gasteiger partial charge in [-0.2, -0.15) is 0 Å². The molecule has 0 saturated heterocycles. The van der Waals surface area contributed by atoms with E-state index in [9.17, 15) is 0 Å². The molecule has 0 unspecified atom stereocenters. The normalized spacial score (nSPS) is 10.9. The molecule has 2 rings (SSSR count). The van der Waals surface area contributed by atoms with Gasteiger partial charge >= 0.3 is 0 Å². The van der Waals surface area contributed by atoms with E-state index in [-0.39, 0.29) is 0 Å². The van der Waals surface area contributed by atoms with Gasteiger partial charge < -0.3 is 10.1 Å². The molecule has 0 amide bonds. The molecule has 0 saturated carbocycles. The van der Waals surface area contributed by atoms with Crippen LogP contribution in [0.3, 0.4) is 0 Å². The molecule has 0 aliphatic carbocycles. The van der Waals surface area contributed by atoms with Gasteiger partial charge in [-0.3, -0.25) is 0 Å². The van der Waals surface area contributed by atoms with Crippen LogP contribution in [0, 0.1) is 9.49 Å². The van der Waals surface area contributed by atoms with E-state index >= 15 is 0 Å². The van der Waals surface area contributed by atoms with Crippen molar-refractivity contribution < 1.29 is 4.74 Å². The number of rotatable bonds is 6. The Morgan fingerprint density at radius 1 is 1.33 bits per heavy atom. The van der Waals surface area contributed by atoms with Crippen LogP contribution in [0.25, 0.3) is 0 Å². The fourth-order valence-electron chi connectivity index (χ4n) is 1.80. The summed E-state index contributed by atoms with van der Waals surface area (Å²) in [5, 5.41) is 4.03. The fraction of sp³-hybridized carbons (Fsp3) is 0.312. The van der Waals surface area contributed by atoms with Gasteiger partial charge in [-0.1, -0.05) is 31.5 Å². The highest BCUT2D eigenvalue weighted by Gasteiger charge is 2.06. The summed E-state index contributed by atoms with van der Waals surface area (Å²) in [6, 6.07) is 9.74. The molecule has 5 heteroatoms. The molecule has 112 valence electrons. The van der Waals surface area contributed by atoms with Crippen molar-refractivity contribution in [1.82, 2.24) is 10.3 Å². The standard InChI is InChI=1S/C16H18ClIN2O/c1-11(2)8-19-9-12-6-16(20-10-15(12)17)21-14-5-3-4-13(18)7-14/h3-7,10-11,19H,8-9H2,1-2H3. The Balaban J connectivity index is 2.07. The van der Waals surface area contributed by atoms with Crippen molar-refractivity contribution in [3.63, 3.8) is 0 Å². The maximum Gasteiger partial charge on any atom is 0.219 e. The van der Waals surface area contributed by atoms with Gasteiger partial charge in [0, 0.05) is 22.4 Å². The molecular formula is C16H18ClIN2O. The predicted octanol–water partition coefficient (Wildman–Crippen LogP) is 4.88. The first kappa shape index (κ1) is 16.5. The van der Waals surface area contributed by atoms with Crippen molar-refractivity contribution in [2.75, 3.05) is 6.54 Å². The number of nitrogens with zero attached hydrogens (tertiary/aromatic N) is 1. The molecule has 3 nitrogen and oxygen atoms in total. The molecule has 21 heavy (non-hydrogen) atoms. The lowest BCUT2D eigenvalue weighted by Gasteiger charge is -2.11. The van der Waals surface area contributed by atoms with Gasteiger partial charge in [-0.15, -0.1) is 0 Å². The molecular weight excluding hydrogens is 399 g/mol. The number of ether oxygens (including phenoxy) is 1. The zero-order valence-corrected chi connectivity index (χ0v) is 15.0. The van der Waals surface area contributed by atoms with Gasteiger partial charge in [-0.25, -0.2) is 4.98 Å². The Labute approximate surface area is 144 Å². The lowest BCUT2D eigenvalue weighted by Crippen LogP contribution is -2.19. The average Bonchev–Trinajstić information content (AvgIpc) is 2.42. The highest BCUT2D eigenvalue weighted by atomic mass is 127. The minimum atomic E-state index is 0.558. The van der Waals surface area contributed by atoms with Crippen LogP contribution in [0.1, 0.15) is 19.4 Å². The number of hydrogen-bond donors (Lipinski definition) is 1. The van der Waals surface area contributed by atoms with E-state index in [0.717, 1.165) is 21.4 Å². The Hall–Kier alpha value is -0.850. The lowest BCUT2D eigenvalue weighted by molar-refractivity contribution is 0.461. The first-order valence-corrected chi connectivity index (χ1v) is 8.29. The van der Waals surface area contributed by atoms with Crippen LogP contribution >= 0.6 is 34.2 Å². The molecule has 0 spiro atoms. The SMILES string of the molecule is CC(C)CNCc1cc(Oc2cccc(I)c2)ncc1Cl. The number of pyridine rings is 1. The fourth-order valence-corrected chi connectivity index (χ4v) is 2.48. The average molecular weight is 417 g/mol. The van der Waals surface area contributed by atoms with E-state index in [2.05, 4.69) is 46.7 Å². The molecule has 1 heterocycles. The first-order valence-electron chi connectivity index (χ1n) is 6.83. The van der Waals surface area contributed by atoms with E-state index in [1.54, 1.807) is 6.20 Å². The van der Waals surface area contributed by atoms with Crippen molar-refractivity contribution in [3.8, 4) is 11.6 Å². The van der Waals surface area contributed by atoms with Gasteiger partial charge in [0.25, 0.3) is 0 Å². The molecule has 0 aliphatic heterocycles. The summed E-state index contributed by atoms with van der Waals surface area (Å²) in [5.41, 5.74) is 0.993. The first-order chi connectivity index (χ1) is 10.0. The maximum absolute atomic E-state index is 6.18. The van der Waals surface area contributed by atoms with Crippen LogP contribution < -0.4 is 10.1 Å². The highest BCUT2D eigenvalue weighted by Crippen LogP contribution is 2.25. The Morgan fingerprint density at radius 2 is 2.14 bits per heavy atom. The van der Waals surface area contributed by atoms with E-state index < -0.39 is 0 Å². The van der Waals surface area contributed by atoms with Crippen LogP contribution in [0.2, 0.25) is 5.02 Å². The summed E-state index contributed by atoms with van der Waals surface area (Å²) in [4.78, 5) is 4.22. The van der Waals surface area contributed by atoms with Crippen LogP contribution in [-0.4, -0.2) is 11.5 Å². The van der Waals surface area contributed by atoms with Gasteiger partial charge in [-0.05, 0) is 58.8 Å². The second-order valence-corrected chi connectivity index (χ2v) is 6.85. The Bertz CT molecular complexity index is 605. The van der Waals surface area contributed by atoms with Crippen LogP contribution in [0.15, 0.2) is 36.5 Å². The molecule has 0 bridgehead atoms. The van der Waals surface area contributed by atoms with Crippen LogP contribution in [0.5, 0.6) is 11.6 Å². The van der Waals surface area contributed by atoms with Gasteiger partial charge in [0.2, 0.25) is 5.88 Å². The largest absolute Gasteiger partial charge is 0.439 e. The van der Waals surface area contributed by atoms with Gasteiger partial charge in [0.15, 0.2) is 0 Å². The minimum absolute atomic E-state index is 0.558. The Kier molecular flexibility index (Phi) is 6.26. The van der Waals surface area contributed by atoms with Crippen molar-refractivity contribution >= 4 is 34.2 Å². The molecule has 0 radical (unpaired) electrons. The summed E-state index contributed by atoms with van der Waals surface area (Å²) >= 11 is 8.43. The minimum Gasteiger partial charge on any atom is -0.439 e. The van der Waals surface area contributed by atoms with Crippen molar-refractivity contribution in [1.29, 1.82) is 0 Å². The van der Waals surface area contributed by atoms with Crippen molar-refractivity contribution in [3.05, 3.63) is 50.7 Å². The maximum atomic E-state index is 6.18. The van der Waals surface area contributed by atoms with Gasteiger partial charge in [0.1, 0.15) is 5.75 Å². The second-order valence-electron chi connectivity index (χ2n) is 5.20. The monoisotopic (exact) mass is 416 g/mol. The smallest absolute Gasteiger partial charge is 0.219 e. The topological polar surface area (TPSA) is 34.1 Å². The van der Waals surface area contributed by atoms with Crippen LogP contribution in [0.4, 0.5) is 0 Å². The second kappa shape index (κ2) is 7.96. The van der Waals surface area contributed by atoms with E-state index in [0.29, 0.717) is 23.4 Å². The van der Waals surface area contributed by atoms with E-state index in [1.165, 1.54) is 0 Å². The van der Waals surface area contributed by atoms with Crippen LogP contribution in [-0.2, 0) is 6.54 Å². The summed E-state index contributed by atoms with van der Waals surface area (Å²) in [6.45, 7) is 6.01. The summed E-state index contributed by atoms with van der Waals surface area (Å²) < 4.78 is 6.90. The number of halogens is 2. The summed E-state index contributed by atoms with van der Waals surface area (Å²) in [5.74, 6) is 1.94. The van der Waals surface area contributed by atoms with E-state index in [1.807, 2.05) is 30.3 Å². The number of nitrogens with one attached hydrogen (secondary N) is 1. The molecule has 0 atom stereocenters. The van der Waals surface area contributed by atoms with Gasteiger partial charge in [0.05, 0.1) is 5.02 Å². The summed E-state index contributed by atoms with van der Waals surface area (Å²) in [6.07, 6.45) is 1.64. The quantitative estimate of drug-likeness (QED) is 0.682. The highest BCUT2D eigenvalue weighted by molar-refractivity contribution is 14.1. The molecule has 0 fully saturated rings. The number of hydrogen-bond acceptors (Lipinski definition) is 3. The molecule has 1 aromatic heterocycles. The molecule has 1 aromatic carbocycles. The number of benzene rings is 1. The third-order valence-electron chi connectivity index (χ3n) is 2.80. The zero-order valence-electron chi connectivity index (χ0n) is 12.1. The molecule has 1 N–H and O–H groups in total. The van der Waals surface area contributed by atoms with Crippen molar-refractivity contribution in [2.24, 2.45) is 5.92 Å². The molecule has 0 aliphatic rings. The zero-order chi connectivity index (χ0) is 15.2. The predicted molar refractivity (Wildman–Crippen MR) is 95.0 cm³/mol. The van der Waals surface area contributed by atoms with Crippen molar-refractivity contribution in [2.45, 2.75) is 20.4 Å². The third kappa shape index (κ3) is 5.45. The summed E-state index contributed by atoms with van der Waals surface area (Å²) in [7, 11) is 0. The van der Waals surface area contributed by atoms with E-state index in [4.69, 9.17) is 16.3 Å². The third-order valence-corrected chi connectivity index (χ3v) is 3.81. The molecule has 2 aromatic rings. The number of aromatic nitrogens is 1. The Morgan fingerprint density at radius 3 is 2.86 bits per heavy atom.